The Labute approximate surface area is 189 Å². The topological polar surface area (TPSA) is 30.5 Å². The first-order valence-corrected chi connectivity index (χ1v) is 10.5. The monoisotopic (exact) mass is 527 g/mol. The van der Waals surface area contributed by atoms with Crippen molar-refractivity contribution in [2.75, 3.05) is 12.4 Å². The van der Waals surface area contributed by atoms with Crippen molar-refractivity contribution in [3.05, 3.63) is 84.9 Å². The van der Waals surface area contributed by atoms with Gasteiger partial charge in [0.05, 0.1) is 10.7 Å². The molecule has 0 radical (unpaired) electrons. The molecule has 0 saturated carbocycles. The Kier molecular flexibility index (Phi) is 7.32. The summed E-state index contributed by atoms with van der Waals surface area (Å²) in [7, 11) is 1.64. The lowest BCUT2D eigenvalue weighted by molar-refractivity contribution is 0.282. The summed E-state index contributed by atoms with van der Waals surface area (Å²) in [5.41, 5.74) is 4.29. The van der Waals surface area contributed by atoms with Crippen molar-refractivity contribution >= 4 is 51.5 Å². The molecule has 28 heavy (non-hydrogen) atoms. The van der Waals surface area contributed by atoms with Crippen molar-refractivity contribution in [3.63, 3.8) is 0 Å². The molecule has 146 valence electrons. The van der Waals surface area contributed by atoms with E-state index in [0.717, 1.165) is 20.4 Å². The molecule has 0 atom stereocenters. The summed E-state index contributed by atoms with van der Waals surface area (Å²) in [4.78, 5) is 0. The van der Waals surface area contributed by atoms with Crippen LogP contribution in [0.5, 0.6) is 11.5 Å². The third-order valence-corrected chi connectivity index (χ3v) is 5.58. The fourth-order valence-corrected chi connectivity index (χ4v) is 4.05. The van der Waals surface area contributed by atoms with Gasteiger partial charge in [0.2, 0.25) is 0 Å². The predicted molar refractivity (Wildman–Crippen MR) is 125 cm³/mol. The molecule has 0 saturated heterocycles. The fraction of sp³-hybridized carbons (Fsp3) is 0.182. The van der Waals surface area contributed by atoms with E-state index in [1.807, 2.05) is 18.2 Å². The maximum atomic E-state index is 6.24. The van der Waals surface area contributed by atoms with E-state index in [1.165, 1.54) is 5.56 Å². The maximum Gasteiger partial charge on any atom is 0.174 e. The van der Waals surface area contributed by atoms with Gasteiger partial charge in [0.15, 0.2) is 11.5 Å². The van der Waals surface area contributed by atoms with E-state index in [9.17, 15) is 0 Å². The lowest BCUT2D eigenvalue weighted by atomic mass is 10.1. The molecule has 0 amide bonds. The average Bonchev–Trinajstić information content (AvgIpc) is 2.66. The highest BCUT2D eigenvalue weighted by Gasteiger charge is 2.13. The minimum atomic E-state index is 0.337. The van der Waals surface area contributed by atoms with Crippen molar-refractivity contribution in [2.45, 2.75) is 20.1 Å². The summed E-state index contributed by atoms with van der Waals surface area (Å²) in [5.74, 6) is 1.39. The number of ether oxygens (including phenoxy) is 2. The first-order valence-electron chi connectivity index (χ1n) is 8.70. The van der Waals surface area contributed by atoms with Gasteiger partial charge in [0.25, 0.3) is 0 Å². The van der Waals surface area contributed by atoms with E-state index in [1.54, 1.807) is 19.2 Å². The van der Waals surface area contributed by atoms with Gasteiger partial charge in [-0.3, -0.25) is 0 Å². The predicted octanol–water partition coefficient (Wildman–Crippen LogP) is 7.11. The van der Waals surface area contributed by atoms with E-state index in [0.29, 0.717) is 34.7 Å². The number of anilines is 1. The Hall–Kier alpha value is -1.63. The standard InChI is InChI=1S/C22H20Cl2INO2/c1-14-4-3-5-18(8-14)26-12-15-9-20(25)22(21(10-15)27-2)28-13-16-6-7-17(23)11-19(16)24/h3-11,26H,12-13H2,1-2H3. The molecule has 0 aromatic heterocycles. The zero-order valence-electron chi connectivity index (χ0n) is 15.6. The molecule has 1 N–H and O–H groups in total. The minimum absolute atomic E-state index is 0.337. The number of hydrogen-bond acceptors (Lipinski definition) is 3. The summed E-state index contributed by atoms with van der Waals surface area (Å²) >= 11 is 14.5. The van der Waals surface area contributed by atoms with Crippen LogP contribution in [0.25, 0.3) is 0 Å². The summed E-state index contributed by atoms with van der Waals surface area (Å²) in [6, 6.07) is 17.8. The molecule has 0 aliphatic carbocycles. The second-order valence-electron chi connectivity index (χ2n) is 6.36. The number of nitrogens with one attached hydrogen (secondary N) is 1. The molecule has 0 heterocycles. The van der Waals surface area contributed by atoms with Crippen LogP contribution in [0.4, 0.5) is 5.69 Å². The zero-order chi connectivity index (χ0) is 20.1. The minimum Gasteiger partial charge on any atom is -0.493 e. The zero-order valence-corrected chi connectivity index (χ0v) is 19.2. The van der Waals surface area contributed by atoms with Crippen LogP contribution in [-0.2, 0) is 13.2 Å². The fourth-order valence-electron chi connectivity index (χ4n) is 2.76. The Morgan fingerprint density at radius 3 is 2.57 bits per heavy atom. The van der Waals surface area contributed by atoms with Gasteiger partial charge in [-0.25, -0.2) is 0 Å². The Balaban J connectivity index is 1.73. The molecular formula is C22H20Cl2INO2. The second-order valence-corrected chi connectivity index (χ2v) is 8.36. The van der Waals surface area contributed by atoms with Crippen LogP contribution in [0.1, 0.15) is 16.7 Å². The normalized spacial score (nSPS) is 10.6. The van der Waals surface area contributed by atoms with Gasteiger partial charge in [-0.2, -0.15) is 0 Å². The third-order valence-electron chi connectivity index (χ3n) is 4.19. The summed E-state index contributed by atoms with van der Waals surface area (Å²) < 4.78 is 12.6. The van der Waals surface area contributed by atoms with Crippen molar-refractivity contribution < 1.29 is 9.47 Å². The average molecular weight is 528 g/mol. The van der Waals surface area contributed by atoms with E-state index in [-0.39, 0.29) is 0 Å². The van der Waals surface area contributed by atoms with Gasteiger partial charge in [-0.05, 0) is 77.0 Å². The molecule has 3 rings (SSSR count). The first kappa shape index (κ1) is 21.1. The molecule has 3 aromatic carbocycles. The number of benzene rings is 3. The highest BCUT2D eigenvalue weighted by Crippen LogP contribution is 2.35. The van der Waals surface area contributed by atoms with Crippen LogP contribution in [-0.4, -0.2) is 7.11 Å². The Morgan fingerprint density at radius 1 is 1.04 bits per heavy atom. The largest absolute Gasteiger partial charge is 0.493 e. The highest BCUT2D eigenvalue weighted by molar-refractivity contribution is 14.1. The van der Waals surface area contributed by atoms with Crippen LogP contribution in [0, 0.1) is 10.5 Å². The van der Waals surface area contributed by atoms with Crippen molar-refractivity contribution in [3.8, 4) is 11.5 Å². The lowest BCUT2D eigenvalue weighted by Gasteiger charge is -2.16. The van der Waals surface area contributed by atoms with Crippen LogP contribution >= 0.6 is 45.8 Å². The van der Waals surface area contributed by atoms with Gasteiger partial charge in [0.1, 0.15) is 6.61 Å². The van der Waals surface area contributed by atoms with Crippen LogP contribution in [0.15, 0.2) is 54.6 Å². The first-order chi connectivity index (χ1) is 13.5. The smallest absolute Gasteiger partial charge is 0.174 e. The number of halogens is 3. The molecule has 0 unspecified atom stereocenters. The van der Waals surface area contributed by atoms with E-state index in [2.05, 4.69) is 59.1 Å². The Morgan fingerprint density at radius 2 is 1.86 bits per heavy atom. The molecular weight excluding hydrogens is 508 g/mol. The summed E-state index contributed by atoms with van der Waals surface area (Å²) in [5, 5.41) is 4.63. The summed E-state index contributed by atoms with van der Waals surface area (Å²) in [6.07, 6.45) is 0. The van der Waals surface area contributed by atoms with E-state index in [4.69, 9.17) is 32.7 Å². The van der Waals surface area contributed by atoms with Gasteiger partial charge in [0, 0.05) is 27.8 Å². The molecule has 0 aliphatic rings. The molecule has 3 nitrogen and oxygen atoms in total. The number of aryl methyl sites for hydroxylation is 1. The van der Waals surface area contributed by atoms with E-state index < -0.39 is 0 Å². The SMILES string of the molecule is COc1cc(CNc2cccc(C)c2)cc(I)c1OCc1ccc(Cl)cc1Cl. The highest BCUT2D eigenvalue weighted by atomic mass is 127. The number of hydrogen-bond donors (Lipinski definition) is 1. The van der Waals surface area contributed by atoms with E-state index >= 15 is 0 Å². The molecule has 0 spiro atoms. The van der Waals surface area contributed by atoms with Gasteiger partial charge >= 0.3 is 0 Å². The van der Waals surface area contributed by atoms with Crippen molar-refractivity contribution in [2.24, 2.45) is 0 Å². The quantitative estimate of drug-likeness (QED) is 0.332. The third kappa shape index (κ3) is 5.46. The van der Waals surface area contributed by atoms with Gasteiger partial charge < -0.3 is 14.8 Å². The van der Waals surface area contributed by atoms with Crippen LogP contribution < -0.4 is 14.8 Å². The van der Waals surface area contributed by atoms with Crippen LogP contribution in [0.2, 0.25) is 10.0 Å². The molecule has 0 fully saturated rings. The van der Waals surface area contributed by atoms with Gasteiger partial charge in [-0.1, -0.05) is 41.4 Å². The second kappa shape index (κ2) is 9.72. The number of rotatable bonds is 7. The van der Waals surface area contributed by atoms with Crippen molar-refractivity contribution in [1.82, 2.24) is 0 Å². The molecule has 6 heteroatoms. The molecule has 0 aliphatic heterocycles. The summed E-state index contributed by atoms with van der Waals surface area (Å²) in [6.45, 7) is 3.11. The molecule has 0 bridgehead atoms. The lowest BCUT2D eigenvalue weighted by Crippen LogP contribution is -2.04. The van der Waals surface area contributed by atoms with Gasteiger partial charge in [-0.15, -0.1) is 0 Å². The Bertz CT molecular complexity index is 979. The maximum absolute atomic E-state index is 6.24. The van der Waals surface area contributed by atoms with Crippen LogP contribution in [0.3, 0.4) is 0 Å². The molecule has 3 aromatic rings. The number of methoxy groups -OCH3 is 1. The van der Waals surface area contributed by atoms with Crippen molar-refractivity contribution in [1.29, 1.82) is 0 Å².